The van der Waals surface area contributed by atoms with E-state index in [4.69, 9.17) is 9.47 Å². The zero-order valence-electron chi connectivity index (χ0n) is 19.5. The Morgan fingerprint density at radius 3 is 2.42 bits per heavy atom. The van der Waals surface area contributed by atoms with E-state index in [-0.39, 0.29) is 24.3 Å². The lowest BCUT2D eigenvalue weighted by Gasteiger charge is -2.29. The first kappa shape index (κ1) is 23.1. The fourth-order valence-electron chi connectivity index (χ4n) is 4.64. The van der Waals surface area contributed by atoms with Gasteiger partial charge in [0.05, 0.1) is 32.3 Å². The van der Waals surface area contributed by atoms with E-state index in [1.54, 1.807) is 7.11 Å². The number of likely N-dealkylation sites (tertiary alicyclic amines) is 1. The van der Waals surface area contributed by atoms with Gasteiger partial charge in [-0.15, -0.1) is 0 Å². The van der Waals surface area contributed by atoms with Gasteiger partial charge in [-0.1, -0.05) is 25.5 Å². The maximum Gasteiger partial charge on any atom is 0.230 e. The monoisotopic (exact) mass is 451 g/mol. The van der Waals surface area contributed by atoms with Crippen molar-refractivity contribution in [2.45, 2.75) is 32.2 Å². The largest absolute Gasteiger partial charge is 0.497 e. The predicted octanol–water partition coefficient (Wildman–Crippen LogP) is 3.86. The van der Waals surface area contributed by atoms with Crippen molar-refractivity contribution in [2.75, 3.05) is 50.2 Å². The minimum absolute atomic E-state index is 0.0343. The van der Waals surface area contributed by atoms with Gasteiger partial charge in [0.25, 0.3) is 0 Å². The molecule has 176 valence electrons. The number of benzene rings is 2. The van der Waals surface area contributed by atoms with E-state index in [0.29, 0.717) is 6.54 Å². The van der Waals surface area contributed by atoms with Crippen LogP contribution in [0.4, 0.5) is 11.4 Å². The van der Waals surface area contributed by atoms with Crippen LogP contribution in [-0.2, 0) is 14.3 Å². The van der Waals surface area contributed by atoms with E-state index >= 15 is 0 Å². The second-order valence-electron chi connectivity index (χ2n) is 8.60. The highest BCUT2D eigenvalue weighted by Gasteiger charge is 2.44. The highest BCUT2D eigenvalue weighted by atomic mass is 16.5. The molecular formula is C26H33N3O4. The van der Waals surface area contributed by atoms with Crippen LogP contribution in [0, 0.1) is 5.92 Å². The number of rotatable bonds is 8. The van der Waals surface area contributed by atoms with Gasteiger partial charge >= 0.3 is 0 Å². The van der Waals surface area contributed by atoms with Crippen molar-refractivity contribution in [1.29, 1.82) is 0 Å². The van der Waals surface area contributed by atoms with Crippen LogP contribution in [0.1, 0.15) is 37.8 Å². The highest BCUT2D eigenvalue weighted by molar-refractivity contribution is 5.98. The minimum Gasteiger partial charge on any atom is -0.497 e. The first-order valence-corrected chi connectivity index (χ1v) is 11.8. The molecule has 0 saturated carbocycles. The molecule has 1 N–H and O–H groups in total. The van der Waals surface area contributed by atoms with Gasteiger partial charge in [0.15, 0.2) is 0 Å². The number of hydrogen-bond donors (Lipinski definition) is 1. The third kappa shape index (κ3) is 5.30. The lowest BCUT2D eigenvalue weighted by Crippen LogP contribution is -2.36. The lowest BCUT2D eigenvalue weighted by molar-refractivity contribution is -0.129. The number of anilines is 2. The average Bonchev–Trinajstić information content (AvgIpc) is 3.19. The van der Waals surface area contributed by atoms with Crippen LogP contribution >= 0.6 is 0 Å². The van der Waals surface area contributed by atoms with Gasteiger partial charge in [0.2, 0.25) is 11.8 Å². The Balaban J connectivity index is 1.50. The van der Waals surface area contributed by atoms with Crippen LogP contribution in [0.15, 0.2) is 48.5 Å². The van der Waals surface area contributed by atoms with Gasteiger partial charge in [-0.2, -0.15) is 0 Å². The van der Waals surface area contributed by atoms with Crippen LogP contribution in [0.2, 0.25) is 0 Å². The number of morpholine rings is 1. The molecule has 2 heterocycles. The highest BCUT2D eigenvalue weighted by Crippen LogP contribution is 2.39. The molecule has 0 unspecified atom stereocenters. The number of carbonyl (C=O) groups is 2. The first-order chi connectivity index (χ1) is 16.1. The molecule has 0 radical (unpaired) electrons. The predicted molar refractivity (Wildman–Crippen MR) is 129 cm³/mol. The van der Waals surface area contributed by atoms with Crippen LogP contribution in [0.25, 0.3) is 0 Å². The SMILES string of the molecule is CCCCN1C(=O)C[C@H](C(=O)Nc2ccc(N3CCOCC3)cc2)[C@H]1c1ccc(OC)cc1. The summed E-state index contributed by atoms with van der Waals surface area (Å²) in [5, 5.41) is 3.05. The number of nitrogens with one attached hydrogen (secondary N) is 1. The number of unbranched alkanes of at least 4 members (excludes halogenated alkanes) is 1. The smallest absolute Gasteiger partial charge is 0.230 e. The fourth-order valence-corrected chi connectivity index (χ4v) is 4.64. The van der Waals surface area contributed by atoms with Crippen LogP contribution < -0.4 is 15.0 Å². The zero-order chi connectivity index (χ0) is 23.2. The molecule has 7 heteroatoms. The molecule has 2 atom stereocenters. The van der Waals surface area contributed by atoms with Crippen molar-refractivity contribution in [3.8, 4) is 5.75 Å². The second kappa shape index (κ2) is 10.7. The molecule has 2 amide bonds. The van der Waals surface area contributed by atoms with E-state index in [1.165, 1.54) is 0 Å². The summed E-state index contributed by atoms with van der Waals surface area (Å²) in [6.07, 6.45) is 2.12. The minimum atomic E-state index is -0.443. The Morgan fingerprint density at radius 2 is 1.79 bits per heavy atom. The van der Waals surface area contributed by atoms with Crippen molar-refractivity contribution in [3.63, 3.8) is 0 Å². The van der Waals surface area contributed by atoms with E-state index < -0.39 is 5.92 Å². The number of carbonyl (C=O) groups excluding carboxylic acids is 2. The van der Waals surface area contributed by atoms with Crippen LogP contribution in [0.3, 0.4) is 0 Å². The van der Waals surface area contributed by atoms with E-state index in [2.05, 4.69) is 17.1 Å². The summed E-state index contributed by atoms with van der Waals surface area (Å²) < 4.78 is 10.7. The van der Waals surface area contributed by atoms with Gasteiger partial charge in [-0.05, 0) is 48.4 Å². The van der Waals surface area contributed by atoms with E-state index in [1.807, 2.05) is 53.4 Å². The van der Waals surface area contributed by atoms with Crippen molar-refractivity contribution in [1.82, 2.24) is 4.90 Å². The number of methoxy groups -OCH3 is 1. The number of ether oxygens (including phenoxy) is 2. The van der Waals surface area contributed by atoms with Crippen LogP contribution in [-0.4, -0.2) is 56.7 Å². The molecular weight excluding hydrogens is 418 g/mol. The number of hydrogen-bond acceptors (Lipinski definition) is 5. The van der Waals surface area contributed by atoms with Crippen molar-refractivity contribution < 1.29 is 19.1 Å². The Kier molecular flexibility index (Phi) is 7.50. The summed E-state index contributed by atoms with van der Waals surface area (Å²) in [7, 11) is 1.63. The molecule has 0 spiro atoms. The van der Waals surface area contributed by atoms with Gasteiger partial charge < -0.3 is 24.6 Å². The molecule has 2 aromatic carbocycles. The summed E-state index contributed by atoms with van der Waals surface area (Å²) >= 11 is 0. The molecule has 2 aromatic rings. The third-order valence-corrected chi connectivity index (χ3v) is 6.49. The van der Waals surface area contributed by atoms with Gasteiger partial charge in [0.1, 0.15) is 5.75 Å². The molecule has 0 bridgehead atoms. The first-order valence-electron chi connectivity index (χ1n) is 11.8. The quantitative estimate of drug-likeness (QED) is 0.660. The molecule has 0 aromatic heterocycles. The second-order valence-corrected chi connectivity index (χ2v) is 8.60. The maximum atomic E-state index is 13.3. The normalized spacial score (nSPS) is 20.7. The molecule has 33 heavy (non-hydrogen) atoms. The number of nitrogens with zero attached hydrogens (tertiary/aromatic N) is 2. The van der Waals surface area contributed by atoms with E-state index in [9.17, 15) is 9.59 Å². The Hall–Kier alpha value is -3.06. The standard InChI is InChI=1S/C26H33N3O4/c1-3-4-13-29-24(30)18-23(25(29)19-5-11-22(32-2)12-6-19)26(31)27-20-7-9-21(10-8-20)28-14-16-33-17-15-28/h5-12,23,25H,3-4,13-18H2,1-2H3,(H,27,31)/t23-,25+/m0/s1. The van der Waals surface area contributed by atoms with Gasteiger partial charge in [0, 0.05) is 37.4 Å². The molecule has 4 rings (SSSR count). The maximum absolute atomic E-state index is 13.3. The number of amides is 2. The zero-order valence-corrected chi connectivity index (χ0v) is 19.5. The molecule has 2 aliphatic heterocycles. The molecule has 2 aliphatic rings. The average molecular weight is 452 g/mol. The lowest BCUT2D eigenvalue weighted by atomic mass is 9.92. The summed E-state index contributed by atoms with van der Waals surface area (Å²) in [5.74, 6) is 0.223. The summed E-state index contributed by atoms with van der Waals surface area (Å²) in [6, 6.07) is 15.3. The molecule has 2 fully saturated rings. The summed E-state index contributed by atoms with van der Waals surface area (Å²) in [5.41, 5.74) is 2.82. The topological polar surface area (TPSA) is 71.1 Å². The van der Waals surface area contributed by atoms with Gasteiger partial charge in [-0.25, -0.2) is 0 Å². The van der Waals surface area contributed by atoms with Crippen molar-refractivity contribution >= 4 is 23.2 Å². The van der Waals surface area contributed by atoms with Gasteiger partial charge in [-0.3, -0.25) is 9.59 Å². The van der Waals surface area contributed by atoms with Crippen LogP contribution in [0.5, 0.6) is 5.75 Å². The summed E-state index contributed by atoms with van der Waals surface area (Å²) in [4.78, 5) is 30.4. The molecule has 7 nitrogen and oxygen atoms in total. The molecule has 0 aliphatic carbocycles. The fraction of sp³-hybridized carbons (Fsp3) is 0.462. The van der Waals surface area contributed by atoms with E-state index in [0.717, 1.165) is 61.8 Å². The molecule has 2 saturated heterocycles. The Bertz CT molecular complexity index is 939. The Morgan fingerprint density at radius 1 is 1.09 bits per heavy atom. The third-order valence-electron chi connectivity index (χ3n) is 6.49. The van der Waals surface area contributed by atoms with Crippen molar-refractivity contribution in [2.24, 2.45) is 5.92 Å². The Labute approximate surface area is 195 Å². The van der Waals surface area contributed by atoms with Crippen molar-refractivity contribution in [3.05, 3.63) is 54.1 Å². The summed E-state index contributed by atoms with van der Waals surface area (Å²) in [6.45, 7) is 5.96.